The molecule has 27 heavy (non-hydrogen) atoms. The van der Waals surface area contributed by atoms with Gasteiger partial charge in [-0.25, -0.2) is 13.1 Å². The number of hydrogen-bond donors (Lipinski definition) is 3. The lowest BCUT2D eigenvalue weighted by Gasteiger charge is -2.25. The summed E-state index contributed by atoms with van der Waals surface area (Å²) in [7, 11) is -1.54. The largest absolute Gasteiger partial charge is 0.355 e. The summed E-state index contributed by atoms with van der Waals surface area (Å²) in [4.78, 5) is 5.38. The first-order valence-electron chi connectivity index (χ1n) is 9.12. The van der Waals surface area contributed by atoms with Crippen molar-refractivity contribution in [1.82, 2.24) is 15.4 Å². The van der Waals surface area contributed by atoms with Crippen molar-refractivity contribution >= 4 is 51.7 Å². The van der Waals surface area contributed by atoms with Crippen LogP contribution in [-0.2, 0) is 10.0 Å². The van der Waals surface area contributed by atoms with Gasteiger partial charge in [0.05, 0.1) is 5.75 Å². The van der Waals surface area contributed by atoms with Crippen LogP contribution in [0.15, 0.2) is 40.2 Å². The molecule has 0 amide bonds. The quantitative estimate of drug-likeness (QED) is 0.189. The first-order chi connectivity index (χ1) is 12.5. The summed E-state index contributed by atoms with van der Waals surface area (Å²) in [6.07, 6.45) is 3.49. The Labute approximate surface area is 184 Å². The third-order valence-corrected chi connectivity index (χ3v) is 6.80. The highest BCUT2D eigenvalue weighted by molar-refractivity contribution is 14.0. The van der Waals surface area contributed by atoms with E-state index in [9.17, 15) is 8.42 Å². The van der Waals surface area contributed by atoms with Crippen molar-refractivity contribution in [3.63, 3.8) is 0 Å². The molecule has 9 heteroatoms. The molecule has 1 saturated carbocycles. The summed E-state index contributed by atoms with van der Waals surface area (Å²) in [5.41, 5.74) is 0. The van der Waals surface area contributed by atoms with Crippen LogP contribution < -0.4 is 15.4 Å². The van der Waals surface area contributed by atoms with Crippen molar-refractivity contribution in [2.75, 3.05) is 32.4 Å². The Balaban J connectivity index is 0.00000364. The molecule has 6 nitrogen and oxygen atoms in total. The van der Waals surface area contributed by atoms with Gasteiger partial charge in [-0.05, 0) is 30.9 Å². The first kappa shape index (κ1) is 24.5. The van der Waals surface area contributed by atoms with Gasteiger partial charge in [-0.15, -0.1) is 35.7 Å². The van der Waals surface area contributed by atoms with Crippen LogP contribution in [0.4, 0.5) is 0 Å². The number of guanidine groups is 1. The molecule has 1 aromatic carbocycles. The molecule has 0 radical (unpaired) electrons. The average molecular weight is 527 g/mol. The van der Waals surface area contributed by atoms with E-state index in [-0.39, 0.29) is 29.7 Å². The maximum atomic E-state index is 12.0. The van der Waals surface area contributed by atoms with Gasteiger partial charge < -0.3 is 10.6 Å². The lowest BCUT2D eigenvalue weighted by Crippen LogP contribution is -2.43. The molecule has 2 rings (SSSR count). The molecule has 1 unspecified atom stereocenters. The first-order valence-corrected chi connectivity index (χ1v) is 11.7. The number of aliphatic imine (C=N–C) groups is 1. The number of halogens is 1. The highest BCUT2D eigenvalue weighted by Crippen LogP contribution is 2.25. The van der Waals surface area contributed by atoms with Gasteiger partial charge in [0.25, 0.3) is 0 Å². The third-order valence-electron chi connectivity index (χ3n) is 4.34. The maximum absolute atomic E-state index is 12.0. The summed E-state index contributed by atoms with van der Waals surface area (Å²) in [6, 6.07) is 10.3. The second-order valence-corrected chi connectivity index (χ2v) is 10.0. The molecular formula is C18H31IN4O2S2. The van der Waals surface area contributed by atoms with Gasteiger partial charge in [0, 0.05) is 36.8 Å². The monoisotopic (exact) mass is 526 g/mol. The number of hydrogen-bond acceptors (Lipinski definition) is 4. The van der Waals surface area contributed by atoms with E-state index < -0.39 is 10.0 Å². The zero-order valence-corrected chi connectivity index (χ0v) is 19.9. The van der Waals surface area contributed by atoms with Crippen molar-refractivity contribution < 1.29 is 8.42 Å². The van der Waals surface area contributed by atoms with Crippen LogP contribution in [0.3, 0.4) is 0 Å². The van der Waals surface area contributed by atoms with Gasteiger partial charge in [-0.3, -0.25) is 4.99 Å². The SMILES string of the molecule is CN=C(NCCS(=O)(=O)NCC1CCC1)NCC(C)Sc1ccccc1.I. The number of nitrogens with zero attached hydrogens (tertiary/aromatic N) is 1. The summed E-state index contributed by atoms with van der Waals surface area (Å²) in [5.74, 6) is 1.20. The lowest BCUT2D eigenvalue weighted by molar-refractivity contribution is 0.316. The predicted molar refractivity (Wildman–Crippen MR) is 126 cm³/mol. The van der Waals surface area contributed by atoms with E-state index in [1.165, 1.54) is 11.3 Å². The standard InChI is InChI=1S/C18H30N4O2S2.HI/c1-15(25-17-9-4-3-5-10-17)13-21-18(19-2)20-11-12-26(23,24)22-14-16-7-6-8-16;/h3-5,9-10,15-16,22H,6-8,11-14H2,1-2H3,(H2,19,20,21);1H. The van der Waals surface area contributed by atoms with Gasteiger partial charge >= 0.3 is 0 Å². The molecule has 1 aliphatic carbocycles. The summed E-state index contributed by atoms with van der Waals surface area (Å²) in [6.45, 7) is 3.79. The minimum atomic E-state index is -3.23. The van der Waals surface area contributed by atoms with Crippen molar-refractivity contribution in [3.05, 3.63) is 30.3 Å². The number of benzene rings is 1. The highest BCUT2D eigenvalue weighted by Gasteiger charge is 2.20. The number of thioether (sulfide) groups is 1. The van der Waals surface area contributed by atoms with E-state index in [1.54, 1.807) is 18.8 Å². The van der Waals surface area contributed by atoms with Crippen molar-refractivity contribution in [3.8, 4) is 0 Å². The molecule has 0 bridgehead atoms. The van der Waals surface area contributed by atoms with Crippen LogP contribution in [0, 0.1) is 5.92 Å². The Hall–Kier alpha value is -0.520. The number of rotatable bonds is 10. The highest BCUT2D eigenvalue weighted by atomic mass is 127. The fourth-order valence-corrected chi connectivity index (χ4v) is 4.50. The fraction of sp³-hybridized carbons (Fsp3) is 0.611. The molecule has 0 spiro atoms. The van der Waals surface area contributed by atoms with E-state index in [1.807, 2.05) is 18.2 Å². The molecule has 0 heterocycles. The third kappa shape index (κ3) is 10.00. The van der Waals surface area contributed by atoms with Crippen LogP contribution in [0.25, 0.3) is 0 Å². The van der Waals surface area contributed by atoms with E-state index in [2.05, 4.69) is 39.4 Å². The molecule has 0 saturated heterocycles. The molecular weight excluding hydrogens is 495 g/mol. The van der Waals surface area contributed by atoms with Gasteiger partial charge in [-0.2, -0.15) is 0 Å². The minimum absolute atomic E-state index is 0. The molecule has 0 aromatic heterocycles. The van der Waals surface area contributed by atoms with Crippen LogP contribution >= 0.6 is 35.7 Å². The average Bonchev–Trinajstić information content (AvgIpc) is 2.57. The van der Waals surface area contributed by atoms with E-state index in [0.717, 1.165) is 19.4 Å². The zero-order valence-electron chi connectivity index (χ0n) is 16.0. The predicted octanol–water partition coefficient (Wildman–Crippen LogP) is 2.67. The zero-order chi connectivity index (χ0) is 18.8. The molecule has 1 atom stereocenters. The van der Waals surface area contributed by atoms with E-state index in [4.69, 9.17) is 0 Å². The van der Waals surface area contributed by atoms with Gasteiger partial charge in [0.1, 0.15) is 0 Å². The minimum Gasteiger partial charge on any atom is -0.355 e. The molecule has 1 fully saturated rings. The fourth-order valence-electron chi connectivity index (χ4n) is 2.55. The second-order valence-electron chi connectivity index (χ2n) is 6.59. The molecule has 1 aliphatic rings. The van der Waals surface area contributed by atoms with Gasteiger partial charge in [0.15, 0.2) is 5.96 Å². The van der Waals surface area contributed by atoms with Crippen LogP contribution in [0.2, 0.25) is 0 Å². The van der Waals surface area contributed by atoms with Crippen molar-refractivity contribution in [2.24, 2.45) is 10.9 Å². The van der Waals surface area contributed by atoms with Gasteiger partial charge in [0.2, 0.25) is 10.0 Å². The van der Waals surface area contributed by atoms with Crippen LogP contribution in [0.1, 0.15) is 26.2 Å². The summed E-state index contributed by atoms with van der Waals surface area (Å²) in [5, 5.41) is 6.68. The van der Waals surface area contributed by atoms with Crippen LogP contribution in [-0.4, -0.2) is 52.1 Å². The Bertz CT molecular complexity index is 667. The van der Waals surface area contributed by atoms with Crippen molar-refractivity contribution in [2.45, 2.75) is 36.3 Å². The molecule has 3 N–H and O–H groups in total. The summed E-state index contributed by atoms with van der Waals surface area (Å²) < 4.78 is 26.7. The Morgan fingerprint density at radius 2 is 1.96 bits per heavy atom. The van der Waals surface area contributed by atoms with Crippen LogP contribution in [0.5, 0.6) is 0 Å². The Kier molecular flexibility index (Phi) is 11.7. The number of nitrogens with one attached hydrogen (secondary N) is 3. The normalized spacial score (nSPS) is 16.1. The Morgan fingerprint density at radius 1 is 1.26 bits per heavy atom. The maximum Gasteiger partial charge on any atom is 0.213 e. The van der Waals surface area contributed by atoms with Gasteiger partial charge in [-0.1, -0.05) is 31.5 Å². The molecule has 0 aliphatic heterocycles. The number of sulfonamides is 1. The topological polar surface area (TPSA) is 82.6 Å². The summed E-state index contributed by atoms with van der Waals surface area (Å²) >= 11 is 1.79. The second kappa shape index (κ2) is 12.8. The lowest BCUT2D eigenvalue weighted by atomic mass is 9.86. The van der Waals surface area contributed by atoms with E-state index >= 15 is 0 Å². The van der Waals surface area contributed by atoms with E-state index in [0.29, 0.717) is 30.2 Å². The smallest absolute Gasteiger partial charge is 0.213 e. The van der Waals surface area contributed by atoms with Crippen molar-refractivity contribution in [1.29, 1.82) is 0 Å². The molecule has 1 aromatic rings. The molecule has 154 valence electrons. The Morgan fingerprint density at radius 3 is 2.56 bits per heavy atom.